The summed E-state index contributed by atoms with van der Waals surface area (Å²) in [5.41, 5.74) is 3.88. The van der Waals surface area contributed by atoms with Crippen LogP contribution in [0.4, 0.5) is 5.69 Å². The second kappa shape index (κ2) is 10.7. The van der Waals surface area contributed by atoms with Crippen molar-refractivity contribution in [3.63, 3.8) is 0 Å². The quantitative estimate of drug-likeness (QED) is 0.203. The second-order valence-electron chi connectivity index (χ2n) is 9.50. The molecule has 2 aromatic carbocycles. The normalized spacial score (nSPS) is 13.0. The van der Waals surface area contributed by atoms with Gasteiger partial charge in [0.15, 0.2) is 0 Å². The molecule has 0 aliphatic rings. The van der Waals surface area contributed by atoms with Gasteiger partial charge in [0, 0.05) is 34.6 Å². The highest BCUT2D eigenvalue weighted by atomic mass is 31.2. The lowest BCUT2D eigenvalue weighted by atomic mass is 10.0. The number of carbonyl (C=O) groups is 1. The highest BCUT2D eigenvalue weighted by Crippen LogP contribution is 2.47. The van der Waals surface area contributed by atoms with E-state index in [0.29, 0.717) is 16.9 Å². The molecule has 0 radical (unpaired) electrons. The van der Waals surface area contributed by atoms with E-state index in [4.69, 9.17) is 9.05 Å². The highest BCUT2D eigenvalue weighted by Gasteiger charge is 2.29. The van der Waals surface area contributed by atoms with Gasteiger partial charge >= 0.3 is 7.82 Å². The van der Waals surface area contributed by atoms with E-state index < -0.39 is 13.4 Å². The number of aromatic nitrogens is 2. The van der Waals surface area contributed by atoms with Crippen molar-refractivity contribution < 1.29 is 23.3 Å². The van der Waals surface area contributed by atoms with Crippen LogP contribution in [-0.4, -0.2) is 26.0 Å². The van der Waals surface area contributed by atoms with Crippen molar-refractivity contribution in [2.45, 2.75) is 33.1 Å². The van der Waals surface area contributed by atoms with Crippen molar-refractivity contribution in [1.29, 1.82) is 5.26 Å². The summed E-state index contributed by atoms with van der Waals surface area (Å²) in [5.74, 6) is -0.316. The van der Waals surface area contributed by atoms with E-state index in [0.717, 1.165) is 27.6 Å². The van der Waals surface area contributed by atoms with Gasteiger partial charge in [-0.3, -0.25) is 13.8 Å². The number of fused-ring (bicyclic) bond motifs is 1. The van der Waals surface area contributed by atoms with Gasteiger partial charge in [0.05, 0.1) is 17.2 Å². The second-order valence-corrected chi connectivity index (χ2v) is 10.9. The van der Waals surface area contributed by atoms with Gasteiger partial charge < -0.3 is 14.8 Å². The average Bonchev–Trinajstić information content (AvgIpc) is 3.24. The van der Waals surface area contributed by atoms with Gasteiger partial charge in [-0.05, 0) is 68.3 Å². The first kappa shape index (κ1) is 27.0. The third-order valence-corrected chi connectivity index (χ3v) is 6.63. The minimum Gasteiger partial charge on any atom is -0.323 e. The molecule has 4 aromatic rings. The van der Waals surface area contributed by atoms with Crippen molar-refractivity contribution in [2.75, 3.05) is 5.32 Å². The molecule has 10 heteroatoms. The Morgan fingerprint density at radius 2 is 1.92 bits per heavy atom. The molecule has 0 aliphatic carbocycles. The van der Waals surface area contributed by atoms with Crippen LogP contribution in [0.5, 0.6) is 0 Å². The summed E-state index contributed by atoms with van der Waals surface area (Å²) in [6.07, 6.45) is 4.63. The van der Waals surface area contributed by atoms with Crippen LogP contribution in [0.25, 0.3) is 33.3 Å². The summed E-state index contributed by atoms with van der Waals surface area (Å²) in [5, 5.41) is 12.9. The predicted octanol–water partition coefficient (Wildman–Crippen LogP) is 6.26. The van der Waals surface area contributed by atoms with Crippen LogP contribution >= 0.6 is 7.82 Å². The number of hydrogen-bond donors (Lipinski definition) is 2. The number of phosphoric ester groups is 1. The molecule has 2 N–H and O–H groups in total. The Morgan fingerprint density at radius 3 is 2.63 bits per heavy atom. The maximum Gasteiger partial charge on any atom is 0.474 e. The summed E-state index contributed by atoms with van der Waals surface area (Å²) in [7, 11) is -4.34. The number of amides is 1. The third kappa shape index (κ3) is 6.43. The number of rotatable bonds is 8. The minimum atomic E-state index is -4.34. The van der Waals surface area contributed by atoms with Crippen molar-refractivity contribution in [3.05, 3.63) is 85.2 Å². The zero-order chi connectivity index (χ0) is 27.5. The first-order chi connectivity index (χ1) is 18.0. The van der Waals surface area contributed by atoms with Gasteiger partial charge in [0.2, 0.25) is 5.91 Å². The van der Waals surface area contributed by atoms with Gasteiger partial charge in [0.25, 0.3) is 0 Å². The lowest BCUT2D eigenvalue weighted by molar-refractivity contribution is -0.111. The molecule has 9 nitrogen and oxygen atoms in total. The number of pyridine rings is 1. The number of nitrogens with zero attached hydrogens (tertiary/aromatic N) is 3. The first-order valence-corrected chi connectivity index (χ1v) is 13.2. The van der Waals surface area contributed by atoms with Crippen LogP contribution in [0, 0.1) is 11.3 Å². The molecule has 0 saturated heterocycles. The van der Waals surface area contributed by atoms with E-state index in [9.17, 15) is 19.5 Å². The summed E-state index contributed by atoms with van der Waals surface area (Å²) < 4.78 is 24.6. The Morgan fingerprint density at radius 1 is 1.18 bits per heavy atom. The first-order valence-electron chi connectivity index (χ1n) is 11.7. The number of anilines is 1. The molecule has 0 bridgehead atoms. The average molecular weight is 531 g/mol. The molecule has 1 amide bonds. The number of benzene rings is 2. The Bertz CT molecular complexity index is 1610. The molecule has 0 spiro atoms. The lowest BCUT2D eigenvalue weighted by Gasteiger charge is -2.22. The molecular formula is C28H27N4O5P. The Hall–Kier alpha value is -4.06. The van der Waals surface area contributed by atoms with Crippen molar-refractivity contribution in [3.8, 4) is 28.3 Å². The molecular weight excluding hydrogens is 503 g/mol. The number of carbonyl (C=O) groups excluding carboxylic acids is 1. The van der Waals surface area contributed by atoms with Crippen LogP contribution in [0.1, 0.15) is 26.3 Å². The fraction of sp³-hybridized carbons (Fsp3) is 0.179. The summed E-state index contributed by atoms with van der Waals surface area (Å²) in [4.78, 5) is 26.6. The predicted molar refractivity (Wildman–Crippen MR) is 146 cm³/mol. The molecule has 0 fully saturated rings. The van der Waals surface area contributed by atoms with Crippen molar-refractivity contribution >= 4 is 30.5 Å². The molecule has 0 saturated carbocycles. The van der Waals surface area contributed by atoms with E-state index in [2.05, 4.69) is 22.9 Å². The van der Waals surface area contributed by atoms with E-state index >= 15 is 0 Å². The standard InChI is InChI=1S/C28H27N4O5P/c1-5-26(33)31-23-11-7-9-20(13-23)22-14-24-25(21-10-6-8-19(12-21)15-29)17-32(27(24)30-16-22)18-36-38(34,35)37-28(2,3)4/h5-14,16-17H,1,18H2,2-4H3,(H,31,33)(H,34,35). The smallest absolute Gasteiger partial charge is 0.323 e. The molecule has 194 valence electrons. The monoisotopic (exact) mass is 530 g/mol. The van der Waals surface area contributed by atoms with E-state index in [-0.39, 0.29) is 12.6 Å². The fourth-order valence-electron chi connectivity index (χ4n) is 3.89. The zero-order valence-corrected chi connectivity index (χ0v) is 22.1. The maximum atomic E-state index is 12.5. The van der Waals surface area contributed by atoms with Gasteiger partial charge in [-0.15, -0.1) is 0 Å². The van der Waals surface area contributed by atoms with Crippen LogP contribution in [0.2, 0.25) is 0 Å². The fourth-order valence-corrected chi connectivity index (χ4v) is 4.91. The summed E-state index contributed by atoms with van der Waals surface area (Å²) in [6.45, 7) is 8.17. The zero-order valence-electron chi connectivity index (χ0n) is 21.2. The molecule has 4 rings (SSSR count). The van der Waals surface area contributed by atoms with Gasteiger partial charge in [-0.1, -0.05) is 30.8 Å². The van der Waals surface area contributed by atoms with Crippen LogP contribution in [0.3, 0.4) is 0 Å². The Kier molecular flexibility index (Phi) is 7.63. The van der Waals surface area contributed by atoms with Crippen molar-refractivity contribution in [2.24, 2.45) is 0 Å². The van der Waals surface area contributed by atoms with Gasteiger partial charge in [-0.25, -0.2) is 9.55 Å². The van der Waals surface area contributed by atoms with Crippen molar-refractivity contribution in [1.82, 2.24) is 9.55 Å². The highest BCUT2D eigenvalue weighted by molar-refractivity contribution is 7.47. The number of nitrogens with one attached hydrogen (secondary N) is 1. The van der Waals surface area contributed by atoms with Gasteiger partial charge in [-0.2, -0.15) is 5.26 Å². The van der Waals surface area contributed by atoms with Crippen LogP contribution in [-0.2, 0) is 25.1 Å². The molecule has 0 aliphatic heterocycles. The van der Waals surface area contributed by atoms with Crippen LogP contribution in [0.15, 0.2) is 79.6 Å². The molecule has 2 heterocycles. The summed E-state index contributed by atoms with van der Waals surface area (Å²) >= 11 is 0. The maximum absolute atomic E-state index is 12.5. The van der Waals surface area contributed by atoms with Gasteiger partial charge in [0.1, 0.15) is 12.4 Å². The Labute approximate surface area is 220 Å². The molecule has 1 unspecified atom stereocenters. The molecule has 1 atom stereocenters. The van der Waals surface area contributed by atoms with Crippen LogP contribution < -0.4 is 5.32 Å². The largest absolute Gasteiger partial charge is 0.474 e. The lowest BCUT2D eigenvalue weighted by Crippen LogP contribution is -2.18. The topological polar surface area (TPSA) is 126 Å². The van der Waals surface area contributed by atoms with E-state index in [1.165, 1.54) is 6.08 Å². The third-order valence-electron chi connectivity index (χ3n) is 5.41. The number of nitriles is 1. The number of phosphoric acid groups is 1. The van der Waals surface area contributed by atoms with E-state index in [1.807, 2.05) is 30.3 Å². The minimum absolute atomic E-state index is 0.284. The molecule has 2 aromatic heterocycles. The summed E-state index contributed by atoms with van der Waals surface area (Å²) in [6, 6.07) is 18.5. The SMILES string of the molecule is C=CC(=O)Nc1cccc(-c2cnc3c(c2)c(-c2cccc(C#N)c2)cn3COP(=O)(O)OC(C)(C)C)c1. The van der Waals surface area contributed by atoms with E-state index in [1.54, 1.807) is 62.0 Å². The number of hydrogen-bond acceptors (Lipinski definition) is 6. The Balaban J connectivity index is 1.79. The molecule has 38 heavy (non-hydrogen) atoms.